The van der Waals surface area contributed by atoms with Gasteiger partial charge in [-0.15, -0.1) is 0 Å². The van der Waals surface area contributed by atoms with Crippen LogP contribution < -0.4 is 0 Å². The minimum absolute atomic E-state index is 0.602. The summed E-state index contributed by atoms with van der Waals surface area (Å²) >= 11 is 0. The Morgan fingerprint density at radius 2 is 1.12 bits per heavy atom. The van der Waals surface area contributed by atoms with E-state index in [0.717, 1.165) is 28.5 Å². The van der Waals surface area contributed by atoms with Gasteiger partial charge in [0.25, 0.3) is 0 Å². The molecule has 0 atom stereocenters. The lowest BCUT2D eigenvalue weighted by Crippen LogP contribution is -2.06. The fraction of sp³-hybridized carbons (Fsp3) is 0.0541. The van der Waals surface area contributed by atoms with E-state index in [2.05, 4.69) is 90.5 Å². The molecule has 4 nitrogen and oxygen atoms in total. The van der Waals surface area contributed by atoms with Crippen molar-refractivity contribution in [2.45, 2.75) is 13.3 Å². The first-order chi connectivity index (χ1) is 20.2. The summed E-state index contributed by atoms with van der Waals surface area (Å²) in [5.74, 6) is 1.90. The minimum atomic E-state index is 0.602. The third-order valence-corrected chi connectivity index (χ3v) is 7.55. The lowest BCUT2D eigenvalue weighted by molar-refractivity contribution is 0.931. The highest BCUT2D eigenvalue weighted by molar-refractivity contribution is 5.91. The third-order valence-electron chi connectivity index (χ3n) is 7.55. The molecule has 0 N–H and O–H groups in total. The fourth-order valence-electron chi connectivity index (χ4n) is 5.52. The molecule has 7 rings (SSSR count). The van der Waals surface area contributed by atoms with Crippen molar-refractivity contribution in [1.82, 2.24) is 19.5 Å². The first-order valence-electron chi connectivity index (χ1n) is 13.8. The van der Waals surface area contributed by atoms with Crippen LogP contribution in [0, 0.1) is 6.92 Å². The molecule has 7 aromatic rings. The Hall–Kier alpha value is -5.35. The average Bonchev–Trinajstić information content (AvgIpc) is 3.48. The van der Waals surface area contributed by atoms with E-state index < -0.39 is 0 Å². The molecular formula is C37H28N4. The number of aryl methyl sites for hydroxylation is 1. The first-order valence-corrected chi connectivity index (χ1v) is 13.8. The SMILES string of the molecule is Cc1c(-c2ccccc2Cc2ccccc2)ccc2ccn(-c3nc(-c4ccccc4)nc(-c4ccccc4)n3)c12. The molecule has 0 aliphatic carbocycles. The van der Waals surface area contributed by atoms with E-state index in [4.69, 9.17) is 15.0 Å². The summed E-state index contributed by atoms with van der Waals surface area (Å²) < 4.78 is 2.11. The molecule has 0 fully saturated rings. The molecule has 5 aromatic carbocycles. The Morgan fingerprint density at radius 3 is 1.78 bits per heavy atom. The zero-order valence-electron chi connectivity index (χ0n) is 22.8. The van der Waals surface area contributed by atoms with Crippen molar-refractivity contribution in [1.29, 1.82) is 0 Å². The molecule has 41 heavy (non-hydrogen) atoms. The molecule has 2 heterocycles. The van der Waals surface area contributed by atoms with E-state index in [-0.39, 0.29) is 0 Å². The maximum Gasteiger partial charge on any atom is 0.238 e. The van der Waals surface area contributed by atoms with Gasteiger partial charge in [0.05, 0.1) is 5.52 Å². The standard InChI is InChI=1S/C37H28N4/c1-26-32(33-20-12-11-19-31(33)25-27-13-5-2-6-14-27)22-21-28-23-24-41(34(26)28)37-39-35(29-15-7-3-8-16-29)38-36(40-37)30-17-9-4-10-18-30/h2-24H,25H2,1H3. The number of hydrogen-bond acceptors (Lipinski definition) is 3. The van der Waals surface area contributed by atoms with Gasteiger partial charge in [0.2, 0.25) is 5.95 Å². The lowest BCUT2D eigenvalue weighted by Gasteiger charge is -2.15. The average molecular weight is 529 g/mol. The quantitative estimate of drug-likeness (QED) is 0.217. The Balaban J connectivity index is 1.40. The van der Waals surface area contributed by atoms with Crippen molar-refractivity contribution in [3.63, 3.8) is 0 Å². The second-order valence-corrected chi connectivity index (χ2v) is 10.2. The minimum Gasteiger partial charge on any atom is -0.285 e. The van der Waals surface area contributed by atoms with E-state index in [1.54, 1.807) is 0 Å². The molecule has 0 spiro atoms. The lowest BCUT2D eigenvalue weighted by atomic mass is 9.91. The molecule has 0 bridgehead atoms. The van der Waals surface area contributed by atoms with Crippen LogP contribution in [-0.4, -0.2) is 19.5 Å². The maximum atomic E-state index is 4.98. The summed E-state index contributed by atoms with van der Waals surface area (Å²) in [5.41, 5.74) is 9.26. The van der Waals surface area contributed by atoms with Crippen LogP contribution >= 0.6 is 0 Å². The van der Waals surface area contributed by atoms with Crippen LogP contribution in [0.5, 0.6) is 0 Å². The van der Waals surface area contributed by atoms with Gasteiger partial charge in [-0.3, -0.25) is 4.57 Å². The molecule has 2 aromatic heterocycles. The number of fused-ring (bicyclic) bond motifs is 1. The predicted molar refractivity (Wildman–Crippen MR) is 167 cm³/mol. The largest absolute Gasteiger partial charge is 0.285 e. The summed E-state index contributed by atoms with van der Waals surface area (Å²) in [7, 11) is 0. The summed E-state index contributed by atoms with van der Waals surface area (Å²) in [6, 6.07) is 46.1. The number of hydrogen-bond donors (Lipinski definition) is 0. The monoisotopic (exact) mass is 528 g/mol. The van der Waals surface area contributed by atoms with Crippen molar-refractivity contribution in [3.8, 4) is 39.9 Å². The van der Waals surface area contributed by atoms with E-state index in [1.807, 2.05) is 60.7 Å². The Labute approximate surface area is 239 Å². The van der Waals surface area contributed by atoms with E-state index in [0.29, 0.717) is 17.6 Å². The van der Waals surface area contributed by atoms with Crippen molar-refractivity contribution in [2.24, 2.45) is 0 Å². The normalized spacial score (nSPS) is 11.1. The highest BCUT2D eigenvalue weighted by Crippen LogP contribution is 2.34. The topological polar surface area (TPSA) is 43.6 Å². The second-order valence-electron chi connectivity index (χ2n) is 10.2. The van der Waals surface area contributed by atoms with E-state index >= 15 is 0 Å². The molecule has 0 aliphatic rings. The molecule has 0 unspecified atom stereocenters. The van der Waals surface area contributed by atoms with Crippen LogP contribution in [-0.2, 0) is 6.42 Å². The highest BCUT2D eigenvalue weighted by Gasteiger charge is 2.17. The van der Waals surface area contributed by atoms with E-state index in [9.17, 15) is 0 Å². The first kappa shape index (κ1) is 24.7. The van der Waals surface area contributed by atoms with Crippen LogP contribution in [0.4, 0.5) is 0 Å². The summed E-state index contributed by atoms with van der Waals surface area (Å²) in [6.07, 6.45) is 2.94. The van der Waals surface area contributed by atoms with Gasteiger partial charge in [-0.25, -0.2) is 4.98 Å². The number of aromatic nitrogens is 4. The van der Waals surface area contributed by atoms with Gasteiger partial charge in [-0.2, -0.15) is 9.97 Å². The van der Waals surface area contributed by atoms with Crippen LogP contribution in [0.1, 0.15) is 16.7 Å². The molecule has 0 saturated heterocycles. The summed E-state index contributed by atoms with van der Waals surface area (Å²) in [4.78, 5) is 14.8. The van der Waals surface area contributed by atoms with Gasteiger partial charge in [-0.05, 0) is 47.2 Å². The Morgan fingerprint density at radius 1 is 0.537 bits per heavy atom. The van der Waals surface area contributed by atoms with Crippen molar-refractivity contribution in [3.05, 3.63) is 156 Å². The fourth-order valence-corrected chi connectivity index (χ4v) is 5.52. The van der Waals surface area contributed by atoms with Crippen molar-refractivity contribution < 1.29 is 0 Å². The molecule has 0 radical (unpaired) electrons. The predicted octanol–water partition coefficient (Wildman–Crippen LogP) is 8.72. The molecule has 0 saturated carbocycles. The number of rotatable bonds is 6. The Kier molecular flexibility index (Phi) is 6.42. The zero-order valence-corrected chi connectivity index (χ0v) is 22.8. The number of nitrogens with zero attached hydrogens (tertiary/aromatic N) is 4. The second kappa shape index (κ2) is 10.7. The number of benzene rings is 5. The van der Waals surface area contributed by atoms with Gasteiger partial charge >= 0.3 is 0 Å². The maximum absolute atomic E-state index is 4.98. The van der Waals surface area contributed by atoms with Crippen molar-refractivity contribution >= 4 is 10.9 Å². The molecule has 4 heteroatoms. The van der Waals surface area contributed by atoms with Crippen LogP contribution in [0.2, 0.25) is 0 Å². The van der Waals surface area contributed by atoms with Gasteiger partial charge in [-0.1, -0.05) is 127 Å². The van der Waals surface area contributed by atoms with Gasteiger partial charge < -0.3 is 0 Å². The summed E-state index contributed by atoms with van der Waals surface area (Å²) in [6.45, 7) is 2.20. The zero-order chi connectivity index (χ0) is 27.6. The van der Waals surface area contributed by atoms with Crippen molar-refractivity contribution in [2.75, 3.05) is 0 Å². The Bertz CT molecular complexity index is 1900. The molecular weight excluding hydrogens is 500 g/mol. The smallest absolute Gasteiger partial charge is 0.238 e. The molecule has 196 valence electrons. The molecule has 0 amide bonds. The van der Waals surface area contributed by atoms with Crippen LogP contribution in [0.3, 0.4) is 0 Å². The van der Waals surface area contributed by atoms with Crippen LogP contribution in [0.25, 0.3) is 50.8 Å². The van der Waals surface area contributed by atoms with Gasteiger partial charge in [0.15, 0.2) is 11.6 Å². The third kappa shape index (κ3) is 4.81. The van der Waals surface area contributed by atoms with Gasteiger partial charge in [0.1, 0.15) is 0 Å². The van der Waals surface area contributed by atoms with Crippen LogP contribution in [0.15, 0.2) is 140 Å². The highest BCUT2D eigenvalue weighted by atomic mass is 15.2. The summed E-state index contributed by atoms with van der Waals surface area (Å²) in [5, 5.41) is 1.15. The molecule has 0 aliphatic heterocycles. The van der Waals surface area contributed by atoms with E-state index in [1.165, 1.54) is 27.8 Å². The van der Waals surface area contributed by atoms with Gasteiger partial charge in [0, 0.05) is 22.7 Å².